The number of hydrogen-bond donors (Lipinski definition) is 0. The lowest BCUT2D eigenvalue weighted by Gasteiger charge is -2.53. The fourth-order valence-electron chi connectivity index (χ4n) is 5.34. The molecule has 32 heavy (non-hydrogen) atoms. The molecule has 6 rings (SSSR count). The lowest BCUT2D eigenvalue weighted by molar-refractivity contribution is -0.984. The summed E-state index contributed by atoms with van der Waals surface area (Å²) in [7, 11) is 0. The Morgan fingerprint density at radius 1 is 1.06 bits per heavy atom. The Morgan fingerprint density at radius 2 is 1.91 bits per heavy atom. The molecular formula is C26H31N2O2S2+. The molecule has 0 saturated carbocycles. The molecule has 3 aliphatic heterocycles. The maximum absolute atomic E-state index is 13.5. The summed E-state index contributed by atoms with van der Waals surface area (Å²) in [5, 5.41) is 6.21. The van der Waals surface area contributed by atoms with Crippen molar-refractivity contribution in [3.63, 3.8) is 0 Å². The Hall–Kier alpha value is -2.15. The molecule has 3 aliphatic rings. The first-order valence-electron chi connectivity index (χ1n) is 11.6. The minimum absolute atomic E-state index is 0.0183. The topological polar surface area (TPSA) is 29.5 Å². The Kier molecular flexibility index (Phi) is 6.62. The van der Waals surface area contributed by atoms with Crippen molar-refractivity contribution >= 4 is 34.5 Å². The molecule has 3 aromatic rings. The number of quaternary nitrogens is 1. The highest BCUT2D eigenvalue weighted by Crippen LogP contribution is 2.40. The van der Waals surface area contributed by atoms with Gasteiger partial charge in [0.05, 0.1) is 31.9 Å². The second-order valence-corrected chi connectivity index (χ2v) is 11.0. The van der Waals surface area contributed by atoms with E-state index in [-0.39, 0.29) is 12.3 Å². The number of amides is 1. The number of nitrogens with zero attached hydrogens (tertiary/aromatic N) is 2. The van der Waals surface area contributed by atoms with Crippen molar-refractivity contribution in [3.8, 4) is 0 Å². The third-order valence-corrected chi connectivity index (χ3v) is 8.78. The predicted octanol–water partition coefficient (Wildman–Crippen LogP) is 6.54. The van der Waals surface area contributed by atoms with Crippen molar-refractivity contribution in [2.75, 3.05) is 24.5 Å². The maximum Gasteiger partial charge on any atom is 0.419 e. The fraction of sp³-hybridized carbons (Fsp3) is 0.423. The highest BCUT2D eigenvalue weighted by molar-refractivity contribution is 7.09. The van der Waals surface area contributed by atoms with Crippen LogP contribution in [0.2, 0.25) is 0 Å². The van der Waals surface area contributed by atoms with Crippen LogP contribution in [0.25, 0.3) is 0 Å². The number of hydrogen-bond acceptors (Lipinski definition) is 4. The molecule has 2 bridgehead atoms. The molecular weight excluding hydrogens is 436 g/mol. The van der Waals surface area contributed by atoms with E-state index in [1.807, 2.05) is 46.4 Å². The van der Waals surface area contributed by atoms with E-state index in [0.717, 1.165) is 54.6 Å². The first-order chi connectivity index (χ1) is 15.7. The van der Waals surface area contributed by atoms with Gasteiger partial charge in [-0.2, -0.15) is 11.3 Å². The highest BCUT2D eigenvalue weighted by atomic mass is 32.1. The van der Waals surface area contributed by atoms with E-state index in [1.54, 1.807) is 16.2 Å². The van der Waals surface area contributed by atoms with Crippen LogP contribution < -0.4 is 4.90 Å². The third-order valence-electron chi connectivity index (χ3n) is 7.18. The number of carbonyl (C=O) groups is 1. The monoisotopic (exact) mass is 467 g/mol. The lowest BCUT2D eigenvalue weighted by atomic mass is 9.84. The van der Waals surface area contributed by atoms with Crippen molar-refractivity contribution in [2.24, 2.45) is 5.92 Å². The molecule has 1 atom stereocenters. The zero-order valence-electron chi connectivity index (χ0n) is 18.4. The average Bonchev–Trinajstić information content (AvgIpc) is 3.54. The van der Waals surface area contributed by atoms with Crippen molar-refractivity contribution in [3.05, 3.63) is 75.1 Å². The molecule has 0 aliphatic carbocycles. The van der Waals surface area contributed by atoms with Gasteiger partial charge in [0.25, 0.3) is 0 Å². The first-order valence-corrected chi connectivity index (χ1v) is 13.5. The van der Waals surface area contributed by atoms with Crippen LogP contribution in [-0.4, -0.2) is 36.4 Å². The summed E-state index contributed by atoms with van der Waals surface area (Å²) in [5.41, 5.74) is 2.03. The van der Waals surface area contributed by atoms with E-state index >= 15 is 0 Å². The van der Waals surface area contributed by atoms with Gasteiger partial charge in [-0.1, -0.05) is 36.4 Å². The number of carbonyl (C=O) groups excluding carboxylic acids is 1. The molecule has 5 heterocycles. The number of fused-ring (bicyclic) bond motifs is 3. The largest absolute Gasteiger partial charge is 0.419 e. The van der Waals surface area contributed by atoms with E-state index < -0.39 is 0 Å². The molecule has 2 aromatic heterocycles. The number of thiophene rings is 2. The Bertz CT molecular complexity index is 980. The summed E-state index contributed by atoms with van der Waals surface area (Å²) >= 11 is 3.45. The summed E-state index contributed by atoms with van der Waals surface area (Å²) < 4.78 is 7.30. The van der Waals surface area contributed by atoms with E-state index in [4.69, 9.17) is 4.74 Å². The van der Waals surface area contributed by atoms with Crippen LogP contribution in [-0.2, 0) is 17.7 Å². The summed E-state index contributed by atoms with van der Waals surface area (Å²) in [4.78, 5) is 16.8. The minimum atomic E-state index is -0.208. The van der Waals surface area contributed by atoms with Crippen LogP contribution in [0.1, 0.15) is 36.1 Å². The molecule has 6 heteroatoms. The SMILES string of the molecule is O=C(OC1CC2CC[N+]1(CCCc1cccs1)CC2)N(Cc1ccccc1)c1ccsc1. The molecule has 3 saturated heterocycles. The average molecular weight is 468 g/mol. The summed E-state index contributed by atoms with van der Waals surface area (Å²) in [6, 6.07) is 16.6. The molecule has 168 valence electrons. The van der Waals surface area contributed by atoms with Crippen molar-refractivity contribution in [1.29, 1.82) is 0 Å². The fourth-order valence-corrected chi connectivity index (χ4v) is 6.73. The van der Waals surface area contributed by atoms with Gasteiger partial charge in [0.15, 0.2) is 0 Å². The van der Waals surface area contributed by atoms with E-state index in [9.17, 15) is 4.79 Å². The zero-order valence-corrected chi connectivity index (χ0v) is 20.0. The summed E-state index contributed by atoms with van der Waals surface area (Å²) in [5.74, 6) is 0.703. The van der Waals surface area contributed by atoms with Gasteiger partial charge in [-0.3, -0.25) is 9.38 Å². The van der Waals surface area contributed by atoms with Crippen LogP contribution in [0, 0.1) is 5.92 Å². The van der Waals surface area contributed by atoms with Crippen LogP contribution >= 0.6 is 22.7 Å². The van der Waals surface area contributed by atoms with Crippen molar-refractivity contribution in [2.45, 2.75) is 44.9 Å². The number of aryl methyl sites for hydroxylation is 1. The van der Waals surface area contributed by atoms with E-state index in [0.29, 0.717) is 12.5 Å². The smallest absolute Gasteiger partial charge is 0.396 e. The maximum atomic E-state index is 13.5. The van der Waals surface area contributed by atoms with Gasteiger partial charge in [0.1, 0.15) is 0 Å². The number of anilines is 1. The number of ether oxygens (including phenoxy) is 1. The van der Waals surface area contributed by atoms with Gasteiger partial charge in [-0.05, 0) is 40.8 Å². The number of benzene rings is 1. The standard InChI is InChI=1S/C26H31N2O2S2/c29-26(27(23-12-17-31-20-23)19-22-6-2-1-3-7-22)30-25-18-21-10-14-28(25,15-11-21)13-4-8-24-9-5-16-32-24/h1-3,5-7,9,12,16-17,20-21,25H,4,8,10-11,13-15,18-19H2/q+1. The Balaban J connectivity index is 1.30. The zero-order chi connectivity index (χ0) is 21.8. The lowest BCUT2D eigenvalue weighted by Crippen LogP contribution is -2.66. The van der Waals surface area contributed by atoms with Gasteiger partial charge in [-0.25, -0.2) is 4.79 Å². The number of rotatable bonds is 8. The molecule has 1 unspecified atom stereocenters. The van der Waals surface area contributed by atoms with Crippen molar-refractivity contribution < 1.29 is 14.0 Å². The Labute approximate surface area is 198 Å². The summed E-state index contributed by atoms with van der Waals surface area (Å²) in [6.45, 7) is 3.92. The molecule has 1 amide bonds. The van der Waals surface area contributed by atoms with Crippen LogP contribution in [0.15, 0.2) is 64.7 Å². The quantitative estimate of drug-likeness (QED) is 0.352. The van der Waals surface area contributed by atoms with Gasteiger partial charge >= 0.3 is 6.09 Å². The number of piperidine rings is 3. The van der Waals surface area contributed by atoms with Gasteiger partial charge in [0.2, 0.25) is 6.23 Å². The molecule has 4 nitrogen and oxygen atoms in total. The molecule has 3 fully saturated rings. The first kappa shape index (κ1) is 21.7. The second-order valence-electron chi connectivity index (χ2n) is 9.14. The third kappa shape index (κ3) is 4.77. The molecule has 0 radical (unpaired) electrons. The van der Waals surface area contributed by atoms with Crippen LogP contribution in [0.3, 0.4) is 0 Å². The Morgan fingerprint density at radius 3 is 2.62 bits per heavy atom. The van der Waals surface area contributed by atoms with E-state index in [1.165, 1.54) is 17.7 Å². The highest BCUT2D eigenvalue weighted by Gasteiger charge is 2.49. The van der Waals surface area contributed by atoms with Gasteiger partial charge in [0, 0.05) is 35.9 Å². The second kappa shape index (κ2) is 9.77. The minimum Gasteiger partial charge on any atom is -0.396 e. The van der Waals surface area contributed by atoms with Crippen LogP contribution in [0.4, 0.5) is 10.5 Å². The summed E-state index contributed by atoms with van der Waals surface area (Å²) in [6.07, 6.45) is 5.59. The molecule has 0 spiro atoms. The van der Waals surface area contributed by atoms with Gasteiger partial charge < -0.3 is 4.74 Å². The molecule has 0 N–H and O–H groups in total. The predicted molar refractivity (Wildman–Crippen MR) is 132 cm³/mol. The van der Waals surface area contributed by atoms with E-state index in [2.05, 4.69) is 29.6 Å². The van der Waals surface area contributed by atoms with Crippen molar-refractivity contribution in [1.82, 2.24) is 0 Å². The van der Waals surface area contributed by atoms with Crippen LogP contribution in [0.5, 0.6) is 0 Å². The van der Waals surface area contributed by atoms with Gasteiger partial charge in [-0.15, -0.1) is 11.3 Å². The normalized spacial score (nSPS) is 24.4. The molecule has 1 aromatic carbocycles.